The highest BCUT2D eigenvalue weighted by Crippen LogP contribution is 2.59. The van der Waals surface area contributed by atoms with Gasteiger partial charge in [-0.1, -0.05) is 12.0 Å². The molecule has 0 aromatic carbocycles. The Bertz CT molecular complexity index is 380. The smallest absolute Gasteiger partial charge is 0.231 e. The molecule has 0 bridgehead atoms. The SMILES string of the molecule is CCC[C@@]1(F)ON1C(F)(F)C(F)(F)C(F)(F)C(F)(F)F. The highest BCUT2D eigenvalue weighted by Gasteiger charge is 2.88. The van der Waals surface area contributed by atoms with Crippen molar-refractivity contribution in [2.45, 2.75) is 49.8 Å². The van der Waals surface area contributed by atoms with Crippen LogP contribution in [0.2, 0.25) is 0 Å². The summed E-state index contributed by atoms with van der Waals surface area (Å²) in [6.45, 7) is 1.22. The number of hydrogen-bond donors (Lipinski definition) is 0. The summed E-state index contributed by atoms with van der Waals surface area (Å²) in [7, 11) is 0. The van der Waals surface area contributed by atoms with Crippen LogP contribution in [0.15, 0.2) is 0 Å². The lowest BCUT2D eigenvalue weighted by atomic mass is 10.1. The van der Waals surface area contributed by atoms with Gasteiger partial charge in [-0.3, -0.25) is 0 Å². The molecule has 0 radical (unpaired) electrons. The molecule has 1 fully saturated rings. The topological polar surface area (TPSA) is 15.5 Å². The van der Waals surface area contributed by atoms with Crippen molar-refractivity contribution in [2.75, 3.05) is 0 Å². The Morgan fingerprint density at radius 3 is 1.70 bits per heavy atom. The molecule has 1 aliphatic rings. The van der Waals surface area contributed by atoms with Crippen LogP contribution in [0.25, 0.3) is 0 Å². The molecule has 0 aromatic rings. The fourth-order valence-corrected chi connectivity index (χ4v) is 1.34. The number of alkyl halides is 10. The van der Waals surface area contributed by atoms with Crippen molar-refractivity contribution in [1.82, 2.24) is 5.06 Å². The second-order valence-corrected chi connectivity index (χ2v) is 4.01. The lowest BCUT2D eigenvalue weighted by Gasteiger charge is -2.32. The molecule has 0 spiro atoms. The van der Waals surface area contributed by atoms with Crippen LogP contribution in [-0.2, 0) is 4.84 Å². The minimum atomic E-state index is -7.07. The molecular formula is C8H7F10NO. The van der Waals surface area contributed by atoms with Gasteiger partial charge in [0.15, 0.2) is 0 Å². The predicted octanol–water partition coefficient (Wildman–Crippen LogP) is 4.08. The summed E-state index contributed by atoms with van der Waals surface area (Å²) in [6, 6.07) is -6.18. The molecule has 1 unspecified atom stereocenters. The third-order valence-corrected chi connectivity index (χ3v) is 2.44. The van der Waals surface area contributed by atoms with Crippen molar-refractivity contribution in [3.05, 3.63) is 0 Å². The average Bonchev–Trinajstić information content (AvgIpc) is 2.89. The summed E-state index contributed by atoms with van der Waals surface area (Å²) in [5.41, 5.74) is 0. The highest BCUT2D eigenvalue weighted by molar-refractivity contribution is 5.02. The van der Waals surface area contributed by atoms with Crippen LogP contribution in [0, 0.1) is 0 Å². The number of hydroxylamine groups is 2. The van der Waals surface area contributed by atoms with Gasteiger partial charge in [0.1, 0.15) is 0 Å². The molecule has 1 heterocycles. The monoisotopic (exact) mass is 323 g/mol. The summed E-state index contributed by atoms with van der Waals surface area (Å²) in [4.78, 5) is 3.44. The Kier molecular flexibility index (Phi) is 3.76. The van der Waals surface area contributed by atoms with Crippen LogP contribution in [-0.4, -0.2) is 35.1 Å². The van der Waals surface area contributed by atoms with E-state index >= 15 is 0 Å². The second kappa shape index (κ2) is 4.36. The molecule has 20 heavy (non-hydrogen) atoms. The van der Waals surface area contributed by atoms with Crippen LogP contribution >= 0.6 is 0 Å². The van der Waals surface area contributed by atoms with E-state index in [1.165, 1.54) is 6.92 Å². The minimum absolute atomic E-state index is 0.204. The fourth-order valence-electron chi connectivity index (χ4n) is 1.34. The molecule has 120 valence electrons. The van der Waals surface area contributed by atoms with Gasteiger partial charge in [0.05, 0.1) is 0 Å². The fraction of sp³-hybridized carbons (Fsp3) is 1.00. The zero-order valence-electron chi connectivity index (χ0n) is 9.55. The molecule has 2 atom stereocenters. The second-order valence-electron chi connectivity index (χ2n) is 4.01. The van der Waals surface area contributed by atoms with Gasteiger partial charge in [0.25, 0.3) is 0 Å². The maximum atomic E-state index is 13.2. The predicted molar refractivity (Wildman–Crippen MR) is 42.6 cm³/mol. The normalized spacial score (nSPS) is 28.6. The standard InChI is InChI=1S/C8H7F10NO/c1-2-3-4(9)19(20-4)8(17,18)6(12,13)5(10,11)7(14,15)16/h2-3H2,1H3/t4-,19?/m0/s1. The van der Waals surface area contributed by atoms with Crippen LogP contribution in [0.1, 0.15) is 19.8 Å². The van der Waals surface area contributed by atoms with Crippen LogP contribution in [0.5, 0.6) is 0 Å². The summed E-state index contributed by atoms with van der Waals surface area (Å²) < 4.78 is 125. The first kappa shape index (κ1) is 17.3. The summed E-state index contributed by atoms with van der Waals surface area (Å²) in [5.74, 6) is -17.5. The highest BCUT2D eigenvalue weighted by atomic mass is 19.4. The molecular weight excluding hydrogens is 316 g/mol. The molecule has 0 amide bonds. The minimum Gasteiger partial charge on any atom is -0.231 e. The maximum absolute atomic E-state index is 13.2. The van der Waals surface area contributed by atoms with E-state index < -0.39 is 41.5 Å². The third-order valence-electron chi connectivity index (χ3n) is 2.44. The average molecular weight is 323 g/mol. The van der Waals surface area contributed by atoms with Crippen LogP contribution in [0.4, 0.5) is 43.9 Å². The number of halogens is 10. The van der Waals surface area contributed by atoms with E-state index in [1.807, 2.05) is 0 Å². The van der Waals surface area contributed by atoms with Crippen molar-refractivity contribution in [3.63, 3.8) is 0 Å². The molecule has 1 rings (SSSR count). The third kappa shape index (κ3) is 2.22. The van der Waals surface area contributed by atoms with E-state index in [0.717, 1.165) is 0 Å². The lowest BCUT2D eigenvalue weighted by molar-refractivity contribution is -0.419. The summed E-state index contributed by atoms with van der Waals surface area (Å²) >= 11 is 0. The van der Waals surface area contributed by atoms with E-state index in [1.54, 1.807) is 0 Å². The Balaban J connectivity index is 3.09. The van der Waals surface area contributed by atoms with Gasteiger partial charge in [-0.2, -0.15) is 43.9 Å². The zero-order valence-corrected chi connectivity index (χ0v) is 9.55. The molecule has 0 aromatic heterocycles. The van der Waals surface area contributed by atoms with Crippen molar-refractivity contribution in [1.29, 1.82) is 0 Å². The van der Waals surface area contributed by atoms with Crippen LogP contribution in [0.3, 0.4) is 0 Å². The van der Waals surface area contributed by atoms with Crippen molar-refractivity contribution < 1.29 is 48.7 Å². The van der Waals surface area contributed by atoms with E-state index in [9.17, 15) is 43.9 Å². The van der Waals surface area contributed by atoms with Gasteiger partial charge >= 0.3 is 30.0 Å². The van der Waals surface area contributed by atoms with E-state index in [2.05, 4.69) is 4.84 Å². The quantitative estimate of drug-likeness (QED) is 0.430. The molecule has 0 N–H and O–H groups in total. The number of rotatable bonds is 5. The van der Waals surface area contributed by atoms with Gasteiger partial charge in [0.2, 0.25) is 0 Å². The Morgan fingerprint density at radius 2 is 1.35 bits per heavy atom. The lowest BCUT2D eigenvalue weighted by Crippen LogP contribution is -2.63. The summed E-state index contributed by atoms with van der Waals surface area (Å²) in [5, 5.41) is -1.48. The molecule has 1 aliphatic heterocycles. The molecule has 1 saturated heterocycles. The van der Waals surface area contributed by atoms with Crippen LogP contribution < -0.4 is 0 Å². The summed E-state index contributed by atoms with van der Waals surface area (Å²) in [6.07, 6.45) is -8.06. The van der Waals surface area contributed by atoms with Gasteiger partial charge in [0, 0.05) is 6.42 Å². The largest absolute Gasteiger partial charge is 0.460 e. The molecule has 2 nitrogen and oxygen atoms in total. The van der Waals surface area contributed by atoms with E-state index in [0.29, 0.717) is 0 Å². The number of hydrogen-bond acceptors (Lipinski definition) is 2. The maximum Gasteiger partial charge on any atom is 0.460 e. The van der Waals surface area contributed by atoms with Crippen molar-refractivity contribution >= 4 is 0 Å². The number of nitrogens with zero attached hydrogens (tertiary/aromatic N) is 1. The van der Waals surface area contributed by atoms with Crippen molar-refractivity contribution in [2.24, 2.45) is 0 Å². The molecule has 12 heteroatoms. The van der Waals surface area contributed by atoms with E-state index in [4.69, 9.17) is 0 Å². The van der Waals surface area contributed by atoms with Gasteiger partial charge in [-0.25, -0.2) is 4.84 Å². The van der Waals surface area contributed by atoms with Crippen molar-refractivity contribution in [3.8, 4) is 0 Å². The van der Waals surface area contributed by atoms with E-state index in [-0.39, 0.29) is 6.42 Å². The Labute approximate surface area is 105 Å². The van der Waals surface area contributed by atoms with Gasteiger partial charge < -0.3 is 0 Å². The molecule has 0 aliphatic carbocycles. The molecule has 0 saturated carbocycles. The first-order valence-electron chi connectivity index (χ1n) is 5.03. The zero-order chi connectivity index (χ0) is 16.2. The Hall–Kier alpha value is -0.780. The first-order chi connectivity index (χ1) is 8.65. The Morgan fingerprint density at radius 1 is 0.900 bits per heavy atom. The van der Waals surface area contributed by atoms with Gasteiger partial charge in [-0.15, -0.1) is 0 Å². The first-order valence-corrected chi connectivity index (χ1v) is 5.03. The van der Waals surface area contributed by atoms with Gasteiger partial charge in [-0.05, 0) is 6.42 Å².